The molecule has 2 aromatic carbocycles. The number of carboxylic acid groups (broad SMARTS) is 1. The molecule has 6 heteroatoms. The third-order valence-electron chi connectivity index (χ3n) is 14.2. The van der Waals surface area contributed by atoms with Crippen LogP contribution in [-0.2, 0) is 25.2 Å². The van der Waals surface area contributed by atoms with Crippen molar-refractivity contribution in [3.8, 4) is 11.5 Å². The van der Waals surface area contributed by atoms with Gasteiger partial charge in [-0.3, -0.25) is 9.59 Å². The zero-order valence-corrected chi connectivity index (χ0v) is 73.6. The number of methoxy groups -OCH3 is 1. The summed E-state index contributed by atoms with van der Waals surface area (Å²) in [5.41, 5.74) is 258. The molecular weight excluding hydrogens is 1720 g/mol. The molecule has 622 valence electrons. The van der Waals surface area contributed by atoms with Crippen LogP contribution in [0.2, 0.25) is 0 Å². The fraction of sp³-hybridized carbons (Fsp3) is 0.119. The molecule has 0 amide bonds. The zero-order valence-electron chi connectivity index (χ0n) is 73.6. The molecule has 0 atom stereocenters. The molecule has 0 unspecified atom stereocenters. The fourth-order valence-electron chi connectivity index (χ4n) is 9.08. The van der Waals surface area contributed by atoms with Crippen LogP contribution >= 0.6 is 0 Å². The standard InChI is InChI=1S/C105H4.C15H20O3.C14H18O3.CH4/c1-3-5-7-9-11-13-15-17-19-21-23-25-27-29-31-33-35-37-39-41-43-45-47-49-51-53-55-57-59-61-63-65-67-69-71-73-75-77-79-81-83-85-87-89-91-93-95-97-99-101-103-105-104-102-100-98-96-94-92-90-88-86-84-82-80-78-76-74-72-70-68-66-64-62-60-58-56-54-52-50-48-46-44-42-40-38-36-34-32-30-28-26-24-22-20-18-16-14-12-10-8-6-4-2;1-18-14(17)11-15(8-3-2-4-9-15)12-6-5-7-13(16)10-12;15-12-6-4-5-11(9-12)14(10-13(16)17)7-2-1-3-8-14;/h1-2H2;5-7,10,16H,2-4,8-9,11H2,1H3;4-6,9,15H,1-3,7-8,10H2,(H,16,17);1H4. The van der Waals surface area contributed by atoms with Crippen molar-refractivity contribution in [1.82, 2.24) is 0 Å². The number of aliphatic carboxylic acids is 1. The van der Waals surface area contributed by atoms with E-state index in [1.165, 1.54) is 20.0 Å². The normalized spacial score (nSPS) is 7.55. The predicted molar refractivity (Wildman–Crippen MR) is 514 cm³/mol. The molecule has 6 nitrogen and oxygen atoms in total. The first-order chi connectivity index (χ1) is 69.2. The second kappa shape index (κ2) is 88.9. The number of esters is 1. The van der Waals surface area contributed by atoms with Gasteiger partial charge in [0.2, 0.25) is 0 Å². The first kappa shape index (κ1) is 113. The van der Waals surface area contributed by atoms with Gasteiger partial charge in [0.25, 0.3) is 0 Å². The third kappa shape index (κ3) is 73.0. The number of rotatable bonds is 6. The lowest BCUT2D eigenvalue weighted by molar-refractivity contribution is -0.142. The summed E-state index contributed by atoms with van der Waals surface area (Å²) < 4.78 is 4.83. The van der Waals surface area contributed by atoms with Crippen molar-refractivity contribution in [3.63, 3.8) is 0 Å². The number of hydrogen-bond acceptors (Lipinski definition) is 5. The van der Waals surface area contributed by atoms with E-state index in [2.05, 4.69) is 603 Å². The number of hydrogen-bond donors (Lipinski definition) is 3. The van der Waals surface area contributed by atoms with Gasteiger partial charge >= 0.3 is 11.9 Å². The molecule has 0 aliphatic heterocycles. The van der Waals surface area contributed by atoms with Crippen molar-refractivity contribution in [2.24, 2.45) is 0 Å². The first-order valence-electron chi connectivity index (χ1n) is 38.9. The maximum absolute atomic E-state index is 11.7. The maximum Gasteiger partial charge on any atom is 0.306 e. The molecule has 0 radical (unpaired) electrons. The van der Waals surface area contributed by atoms with Crippen molar-refractivity contribution in [2.75, 3.05) is 7.11 Å². The van der Waals surface area contributed by atoms with Gasteiger partial charge in [-0.05, 0) is 166 Å². The molecule has 2 aromatic rings. The lowest BCUT2D eigenvalue weighted by Crippen LogP contribution is -2.32. The largest absolute Gasteiger partial charge is 0.508 e. The SMILES string of the molecule is C.C=C=C=C=C=C=C=C=C=C=C=C=C=C=C=C=C=C=C=C=C=C=C=C=C=C=C=C=C=C=C=C=C=C=C=C=C=C=C=C=C=C=C=C=C=C=C=C=C=C=C=C=C=C=C=C=C=C=C=C=C=C=C=C=C=C=C=C=C=C=C=C=C=C=C=C=C=C=C=C=C=C=C=C=C=C=C=C=C=C=C=C=C=C=C=C=C=C=C=C=C=C=C=C=C.COC(=O)CC1(c2cccc(O)c2)CCCCC1.O=C(O)CC1(c2cccc(O)c2)CCCCC1. The second-order valence-electron chi connectivity index (χ2n) is 23.1. The number of phenolic OH excluding ortho intramolecular Hbond substituents is 2. The van der Waals surface area contributed by atoms with Gasteiger partial charge in [0.1, 0.15) is 11.5 Å². The lowest BCUT2D eigenvalue weighted by Gasteiger charge is -2.37. The van der Waals surface area contributed by atoms with Gasteiger partial charge in [-0.25, -0.2) is 0 Å². The minimum atomic E-state index is -0.754. The average Bonchev–Trinajstić information content (AvgIpc) is 0.803. The Morgan fingerprint density at radius 1 is 0.227 bits per heavy atom. The quantitative estimate of drug-likeness (QED) is 0.197. The molecule has 3 N–H and O–H groups in total. The van der Waals surface area contributed by atoms with E-state index in [1.54, 1.807) is 30.3 Å². The van der Waals surface area contributed by atoms with Crippen LogP contribution in [0.3, 0.4) is 0 Å². The lowest BCUT2D eigenvalue weighted by atomic mass is 9.67. The van der Waals surface area contributed by atoms with E-state index in [1.807, 2.05) is 18.2 Å². The molecule has 4 rings (SSSR count). The van der Waals surface area contributed by atoms with Crippen molar-refractivity contribution < 1.29 is 29.6 Å². The minimum absolute atomic E-state index is 0. The summed E-state index contributed by atoms with van der Waals surface area (Å²) in [5.74, 6) is -0.435. The highest BCUT2D eigenvalue weighted by atomic mass is 16.5. The Bertz CT molecular complexity index is 9600. The molecule has 141 heavy (non-hydrogen) atoms. The zero-order chi connectivity index (χ0) is 100. The van der Waals surface area contributed by atoms with Crippen LogP contribution in [-0.4, -0.2) is 34.4 Å². The Morgan fingerprint density at radius 3 is 0.468 bits per heavy atom. The topological polar surface area (TPSA) is 104 Å². The van der Waals surface area contributed by atoms with Crippen molar-refractivity contribution in [2.45, 2.75) is 95.3 Å². The van der Waals surface area contributed by atoms with Gasteiger partial charge in [0.15, 0.2) is 0 Å². The first-order valence-corrected chi connectivity index (χ1v) is 38.9. The van der Waals surface area contributed by atoms with Crippen molar-refractivity contribution in [3.05, 3.63) is 663 Å². The van der Waals surface area contributed by atoms with Gasteiger partial charge < -0.3 is 20.1 Å². The summed E-state index contributed by atoms with van der Waals surface area (Å²) in [6.07, 6.45) is 11.2. The fourth-order valence-corrected chi connectivity index (χ4v) is 9.08. The highest BCUT2D eigenvalue weighted by molar-refractivity contribution is 5.71. The summed E-state index contributed by atoms with van der Waals surface area (Å²) in [6, 6.07) is 14.4. The van der Waals surface area contributed by atoms with Gasteiger partial charge in [-0.2, -0.15) is 0 Å². The van der Waals surface area contributed by atoms with Gasteiger partial charge in [0, 0.05) is 498 Å². The minimum Gasteiger partial charge on any atom is -0.508 e. The Balaban J connectivity index is 0.00000225. The summed E-state index contributed by atoms with van der Waals surface area (Å²) in [4.78, 5) is 22.7. The molecule has 0 bridgehead atoms. The Morgan fingerprint density at radius 2 is 0.355 bits per heavy atom. The average molecular weight is 1760 g/mol. The van der Waals surface area contributed by atoms with E-state index in [4.69, 9.17) is 9.84 Å². The molecular formula is C135H46O6. The summed E-state index contributed by atoms with van der Waals surface area (Å²) in [7, 11) is 1.43. The van der Waals surface area contributed by atoms with Crippen molar-refractivity contribution >= 4 is 11.9 Å². The summed E-state index contributed by atoms with van der Waals surface area (Å²) >= 11 is 0. The number of carboxylic acids is 1. The molecule has 0 spiro atoms. The van der Waals surface area contributed by atoms with Crippen LogP contribution in [0, 0.1) is 0 Å². The predicted octanol–water partition coefficient (Wildman–Crippen LogP) is 23.6. The molecule has 0 aromatic heterocycles. The van der Waals surface area contributed by atoms with E-state index in [0.29, 0.717) is 6.42 Å². The van der Waals surface area contributed by atoms with Crippen molar-refractivity contribution in [1.29, 1.82) is 0 Å². The van der Waals surface area contributed by atoms with Crippen LogP contribution in [0.1, 0.15) is 95.6 Å². The summed E-state index contributed by atoms with van der Waals surface area (Å²) in [5, 5.41) is 28.3. The number of benzene rings is 2. The monoisotopic (exact) mass is 1760 g/mol. The molecule has 2 fully saturated rings. The Kier molecular flexibility index (Phi) is 71.3. The maximum atomic E-state index is 11.7. The number of carbonyl (C=O) groups is 2. The van der Waals surface area contributed by atoms with Crippen LogP contribution in [0.5, 0.6) is 11.5 Å². The number of carbonyl (C=O) groups excluding carboxylic acids is 1. The molecule has 2 aliphatic carbocycles. The number of ether oxygens (including phenoxy) is 1. The molecule has 0 saturated heterocycles. The van der Waals surface area contributed by atoms with E-state index in [0.717, 1.165) is 62.5 Å². The van der Waals surface area contributed by atoms with Gasteiger partial charge in [-0.15, -0.1) is 0 Å². The molecule has 2 saturated carbocycles. The smallest absolute Gasteiger partial charge is 0.306 e. The number of aromatic hydroxyl groups is 2. The highest BCUT2D eigenvalue weighted by Gasteiger charge is 2.37. The van der Waals surface area contributed by atoms with Crippen LogP contribution in [0.4, 0.5) is 0 Å². The van der Waals surface area contributed by atoms with Crippen LogP contribution in [0.25, 0.3) is 0 Å². The van der Waals surface area contributed by atoms with E-state index in [9.17, 15) is 19.8 Å². The number of phenols is 2. The molecule has 2 aliphatic rings. The van der Waals surface area contributed by atoms with Gasteiger partial charge in [-0.1, -0.05) is 81.7 Å². The Labute approximate surface area is 812 Å². The van der Waals surface area contributed by atoms with Crippen LogP contribution < -0.4 is 0 Å². The summed E-state index contributed by atoms with van der Waals surface area (Å²) in [6.45, 7) is 6.64. The second-order valence-corrected chi connectivity index (χ2v) is 23.1. The molecule has 0 heterocycles. The highest BCUT2D eigenvalue weighted by Crippen LogP contribution is 2.44. The van der Waals surface area contributed by atoms with E-state index >= 15 is 0 Å². The third-order valence-corrected chi connectivity index (χ3v) is 14.2. The van der Waals surface area contributed by atoms with Crippen LogP contribution in [0.15, 0.2) is 652 Å². The van der Waals surface area contributed by atoms with Gasteiger partial charge in [0.05, 0.1) is 20.0 Å². The Hall–Kier alpha value is -25.9. The van der Waals surface area contributed by atoms with E-state index in [-0.39, 0.29) is 42.1 Å². The van der Waals surface area contributed by atoms with E-state index < -0.39 is 5.97 Å².